The average Bonchev–Trinajstić information content (AvgIpc) is 2.20. The average molecular weight is 287 g/mol. The van der Waals surface area contributed by atoms with E-state index in [0.29, 0.717) is 6.42 Å². The Morgan fingerprint density at radius 3 is 2.62 bits per heavy atom. The second-order valence-corrected chi connectivity index (χ2v) is 4.89. The van der Waals surface area contributed by atoms with Crippen molar-refractivity contribution in [2.45, 2.75) is 31.2 Å². The molecule has 3 nitrogen and oxygen atoms in total. The Kier molecular flexibility index (Phi) is 4.80. The van der Waals surface area contributed by atoms with Crippen LogP contribution in [0.15, 0.2) is 24.3 Å². The first-order chi connectivity index (χ1) is 7.50. The van der Waals surface area contributed by atoms with Crippen LogP contribution in [-0.4, -0.2) is 22.0 Å². The number of hydrogen-bond donors (Lipinski definition) is 1. The smallest absolute Gasteiger partial charge is 0.317 e. The molecule has 1 aromatic carbocycles. The van der Waals surface area contributed by atoms with E-state index in [4.69, 9.17) is 9.84 Å². The Morgan fingerprint density at radius 2 is 2.06 bits per heavy atom. The summed E-state index contributed by atoms with van der Waals surface area (Å²) in [5, 5.41) is 8.83. The van der Waals surface area contributed by atoms with E-state index >= 15 is 0 Å². The van der Waals surface area contributed by atoms with Gasteiger partial charge in [-0.3, -0.25) is 4.79 Å². The summed E-state index contributed by atoms with van der Waals surface area (Å²) in [5.41, 5.74) is 0.903. The second kappa shape index (κ2) is 5.89. The second-order valence-electron chi connectivity index (χ2n) is 3.78. The number of aliphatic carboxylic acids is 1. The number of alkyl halides is 1. The fourth-order valence-electron chi connectivity index (χ4n) is 1.32. The standard InChI is InChI=1S/C12H15BrO3/c1-8(2)16-11-6-4-3-5-9(11)7-10(13)12(14)15/h3-6,8,10H,7H2,1-2H3,(H,14,15). The van der Waals surface area contributed by atoms with Gasteiger partial charge in [0.2, 0.25) is 0 Å². The van der Waals surface area contributed by atoms with Crippen molar-refractivity contribution in [3.05, 3.63) is 29.8 Å². The van der Waals surface area contributed by atoms with Crippen molar-refractivity contribution in [1.29, 1.82) is 0 Å². The first kappa shape index (κ1) is 13.0. The van der Waals surface area contributed by atoms with Gasteiger partial charge in [-0.15, -0.1) is 0 Å². The monoisotopic (exact) mass is 286 g/mol. The molecule has 1 unspecified atom stereocenters. The first-order valence-corrected chi connectivity index (χ1v) is 6.03. The fourth-order valence-corrected chi connectivity index (χ4v) is 1.67. The van der Waals surface area contributed by atoms with Gasteiger partial charge in [0.25, 0.3) is 0 Å². The van der Waals surface area contributed by atoms with Crippen molar-refractivity contribution in [3.8, 4) is 5.75 Å². The van der Waals surface area contributed by atoms with Gasteiger partial charge >= 0.3 is 5.97 Å². The molecule has 1 N–H and O–H groups in total. The molecule has 0 heterocycles. The topological polar surface area (TPSA) is 46.5 Å². The predicted octanol–water partition coefficient (Wildman–Crippen LogP) is 2.86. The maximum absolute atomic E-state index is 10.7. The summed E-state index contributed by atoms with van der Waals surface area (Å²) in [6, 6.07) is 7.50. The molecular weight excluding hydrogens is 272 g/mol. The lowest BCUT2D eigenvalue weighted by atomic mass is 10.1. The quantitative estimate of drug-likeness (QED) is 0.847. The summed E-state index contributed by atoms with van der Waals surface area (Å²) < 4.78 is 5.61. The molecule has 0 aliphatic rings. The summed E-state index contributed by atoms with van der Waals surface area (Å²) in [7, 11) is 0. The van der Waals surface area contributed by atoms with E-state index in [1.54, 1.807) is 0 Å². The molecule has 0 radical (unpaired) electrons. The van der Waals surface area contributed by atoms with Crippen molar-refractivity contribution in [3.63, 3.8) is 0 Å². The zero-order chi connectivity index (χ0) is 12.1. The minimum atomic E-state index is -0.862. The van der Waals surface area contributed by atoms with Crippen LogP contribution in [0.1, 0.15) is 19.4 Å². The Hall–Kier alpha value is -1.03. The van der Waals surface area contributed by atoms with E-state index in [1.165, 1.54) is 0 Å². The van der Waals surface area contributed by atoms with Gasteiger partial charge in [-0.05, 0) is 31.9 Å². The van der Waals surface area contributed by atoms with Gasteiger partial charge in [0.15, 0.2) is 0 Å². The Bertz CT molecular complexity index is 363. The predicted molar refractivity (Wildman–Crippen MR) is 66.3 cm³/mol. The van der Waals surface area contributed by atoms with E-state index in [2.05, 4.69) is 15.9 Å². The summed E-state index contributed by atoms with van der Waals surface area (Å²) in [6.45, 7) is 3.89. The van der Waals surface area contributed by atoms with Gasteiger partial charge in [0, 0.05) is 0 Å². The molecule has 4 heteroatoms. The minimum absolute atomic E-state index is 0.0831. The maximum Gasteiger partial charge on any atom is 0.317 e. The fraction of sp³-hybridized carbons (Fsp3) is 0.417. The van der Waals surface area contributed by atoms with Crippen LogP contribution >= 0.6 is 15.9 Å². The van der Waals surface area contributed by atoms with E-state index in [-0.39, 0.29) is 6.10 Å². The van der Waals surface area contributed by atoms with Crippen LogP contribution in [0.3, 0.4) is 0 Å². The van der Waals surface area contributed by atoms with Crippen LogP contribution in [0.25, 0.3) is 0 Å². The third kappa shape index (κ3) is 3.85. The number of halogens is 1. The number of carboxylic acid groups (broad SMARTS) is 1. The van der Waals surface area contributed by atoms with Crippen LogP contribution in [0, 0.1) is 0 Å². The van der Waals surface area contributed by atoms with Crippen molar-refractivity contribution in [2.75, 3.05) is 0 Å². The van der Waals surface area contributed by atoms with Gasteiger partial charge in [0.05, 0.1) is 6.10 Å². The highest BCUT2D eigenvalue weighted by molar-refractivity contribution is 9.10. The zero-order valence-corrected chi connectivity index (χ0v) is 10.9. The number of benzene rings is 1. The molecular formula is C12H15BrO3. The normalized spacial score (nSPS) is 12.5. The molecule has 0 spiro atoms. The molecule has 0 saturated heterocycles. The SMILES string of the molecule is CC(C)Oc1ccccc1CC(Br)C(=O)O. The number of hydrogen-bond acceptors (Lipinski definition) is 2. The number of ether oxygens (including phenoxy) is 1. The Labute approximate surface area is 104 Å². The third-order valence-corrected chi connectivity index (χ3v) is 2.72. The highest BCUT2D eigenvalue weighted by Gasteiger charge is 2.16. The summed E-state index contributed by atoms with van der Waals surface area (Å²) in [6.07, 6.45) is 0.498. The molecule has 0 amide bonds. The van der Waals surface area contributed by atoms with E-state index in [0.717, 1.165) is 11.3 Å². The maximum atomic E-state index is 10.7. The molecule has 0 bridgehead atoms. The Morgan fingerprint density at radius 1 is 1.44 bits per heavy atom. The third-order valence-electron chi connectivity index (χ3n) is 2.00. The van der Waals surface area contributed by atoms with Crippen molar-refractivity contribution in [1.82, 2.24) is 0 Å². The van der Waals surface area contributed by atoms with Crippen molar-refractivity contribution in [2.24, 2.45) is 0 Å². The summed E-state index contributed by atoms with van der Waals surface area (Å²) in [5.74, 6) is -0.109. The van der Waals surface area contributed by atoms with E-state index in [9.17, 15) is 4.79 Å². The largest absolute Gasteiger partial charge is 0.491 e. The molecule has 1 atom stereocenters. The lowest BCUT2D eigenvalue weighted by Crippen LogP contribution is -2.16. The van der Waals surface area contributed by atoms with Crippen LogP contribution < -0.4 is 4.74 Å². The van der Waals surface area contributed by atoms with Crippen molar-refractivity contribution >= 4 is 21.9 Å². The molecule has 0 aliphatic carbocycles. The molecule has 16 heavy (non-hydrogen) atoms. The lowest BCUT2D eigenvalue weighted by Gasteiger charge is -2.14. The Balaban J connectivity index is 2.82. The molecule has 0 aliphatic heterocycles. The summed E-state index contributed by atoms with van der Waals surface area (Å²) in [4.78, 5) is 10.2. The number of carbonyl (C=O) groups is 1. The summed E-state index contributed by atoms with van der Waals surface area (Å²) >= 11 is 3.12. The molecule has 1 rings (SSSR count). The number of para-hydroxylation sites is 1. The zero-order valence-electron chi connectivity index (χ0n) is 9.31. The van der Waals surface area contributed by atoms with Gasteiger partial charge in [-0.25, -0.2) is 0 Å². The number of carboxylic acids is 1. The highest BCUT2D eigenvalue weighted by Crippen LogP contribution is 2.22. The van der Waals surface area contributed by atoms with Gasteiger partial charge in [-0.2, -0.15) is 0 Å². The van der Waals surface area contributed by atoms with Gasteiger partial charge in [-0.1, -0.05) is 34.1 Å². The molecule has 1 aromatic rings. The van der Waals surface area contributed by atoms with Gasteiger partial charge < -0.3 is 9.84 Å². The van der Waals surface area contributed by atoms with Crippen LogP contribution in [-0.2, 0) is 11.2 Å². The molecule has 0 aromatic heterocycles. The number of rotatable bonds is 5. The first-order valence-electron chi connectivity index (χ1n) is 5.12. The minimum Gasteiger partial charge on any atom is -0.491 e. The van der Waals surface area contributed by atoms with Gasteiger partial charge in [0.1, 0.15) is 10.6 Å². The highest BCUT2D eigenvalue weighted by atomic mass is 79.9. The van der Waals surface area contributed by atoms with E-state index < -0.39 is 10.8 Å². The molecule has 88 valence electrons. The molecule has 0 fully saturated rings. The van der Waals surface area contributed by atoms with E-state index in [1.807, 2.05) is 38.1 Å². The molecule has 0 saturated carbocycles. The lowest BCUT2D eigenvalue weighted by molar-refractivity contribution is -0.136. The van der Waals surface area contributed by atoms with Crippen molar-refractivity contribution < 1.29 is 14.6 Å². The van der Waals surface area contributed by atoms with Crippen LogP contribution in [0.4, 0.5) is 0 Å². The van der Waals surface area contributed by atoms with Crippen LogP contribution in [0.5, 0.6) is 5.75 Å². The van der Waals surface area contributed by atoms with Crippen LogP contribution in [0.2, 0.25) is 0 Å².